The Balaban J connectivity index is 0.000000433. The van der Waals surface area contributed by atoms with Gasteiger partial charge in [-0.2, -0.15) is 13.2 Å². The van der Waals surface area contributed by atoms with Gasteiger partial charge in [-0.05, 0) is 6.42 Å². The average Bonchev–Trinajstić information content (AvgIpc) is 2.64. The van der Waals surface area contributed by atoms with Crippen LogP contribution in [0.2, 0.25) is 0 Å². The molecule has 21 heavy (non-hydrogen) atoms. The van der Waals surface area contributed by atoms with Crippen LogP contribution in [-0.4, -0.2) is 23.5 Å². The zero-order valence-corrected chi connectivity index (χ0v) is 13.1. The molecule has 0 spiro atoms. The number of aromatic nitrogens is 2. The summed E-state index contributed by atoms with van der Waals surface area (Å²) in [6, 6.07) is 0. The molecule has 0 aromatic carbocycles. The standard InChI is InChI=1S/C11H20N2.CHF3O3S/c1-4-5-6-7-8-11-9-12-10(2)13(11)3;2-1(3,4)8(5,6)7/h9H,4-8H2,1-3H3;(H,5,6,7). The Morgan fingerprint density at radius 1 is 1.29 bits per heavy atom. The molecule has 0 saturated heterocycles. The van der Waals surface area contributed by atoms with Crippen molar-refractivity contribution in [2.45, 2.75) is 51.5 Å². The predicted molar refractivity (Wildman–Crippen MR) is 70.3 cm³/mol. The lowest BCUT2D eigenvalue weighted by Gasteiger charge is -2.08. The maximum Gasteiger partial charge on any atom is 0.485 e. The van der Waals surface area contributed by atoms with E-state index in [0.717, 1.165) is 0 Å². The minimum absolute atomic E-state index is 1.21. The van der Waals surface area contributed by atoms with Gasteiger partial charge in [0.1, 0.15) is 11.9 Å². The number of imidazole rings is 1. The second-order valence-corrected chi connectivity index (χ2v) is 6.01. The first kappa shape index (κ1) is 19.9. The van der Waals surface area contributed by atoms with Crippen molar-refractivity contribution in [1.29, 1.82) is 0 Å². The Kier molecular flexibility index (Phi) is 7.94. The van der Waals surface area contributed by atoms with Crippen LogP contribution in [0.4, 0.5) is 13.2 Å². The highest BCUT2D eigenvalue weighted by Crippen LogP contribution is 2.20. The van der Waals surface area contributed by atoms with Crippen LogP contribution >= 0.6 is 0 Å². The molecular formula is C12H21F3N2O3S. The van der Waals surface area contributed by atoms with Crippen molar-refractivity contribution in [2.75, 3.05) is 0 Å². The smallest absolute Gasteiger partial charge is 0.485 e. The van der Waals surface area contributed by atoms with E-state index in [-0.39, 0.29) is 0 Å². The van der Waals surface area contributed by atoms with Crippen molar-refractivity contribution < 1.29 is 30.7 Å². The van der Waals surface area contributed by atoms with Gasteiger partial charge >= 0.3 is 5.51 Å². The Morgan fingerprint density at radius 2 is 1.81 bits per heavy atom. The van der Waals surface area contributed by atoms with Crippen LogP contribution in [0.3, 0.4) is 0 Å². The monoisotopic (exact) mass is 330 g/mol. The number of aryl methyl sites for hydroxylation is 2. The van der Waals surface area contributed by atoms with Crippen LogP contribution in [0.25, 0.3) is 0 Å². The maximum atomic E-state index is 10.7. The SMILES string of the molecule is CCCCCCc1c[nH]c(C)[n+]1C.O=S(=O)([O-])C(F)(F)F. The topological polar surface area (TPSA) is 76.9 Å². The van der Waals surface area contributed by atoms with E-state index in [9.17, 15) is 13.2 Å². The largest absolute Gasteiger partial charge is 0.741 e. The molecule has 1 aromatic rings. The van der Waals surface area contributed by atoms with E-state index in [1.807, 2.05) is 0 Å². The van der Waals surface area contributed by atoms with Gasteiger partial charge in [0.05, 0.1) is 7.05 Å². The van der Waals surface area contributed by atoms with Crippen molar-refractivity contribution in [3.63, 3.8) is 0 Å². The highest BCUT2D eigenvalue weighted by molar-refractivity contribution is 7.86. The minimum atomic E-state index is -6.09. The summed E-state index contributed by atoms with van der Waals surface area (Å²) >= 11 is 0. The molecule has 0 aliphatic carbocycles. The van der Waals surface area contributed by atoms with Crippen LogP contribution in [-0.2, 0) is 23.6 Å². The normalized spacial score (nSPS) is 12.0. The zero-order chi connectivity index (χ0) is 16.7. The quantitative estimate of drug-likeness (QED) is 0.389. The lowest BCUT2D eigenvalue weighted by molar-refractivity contribution is -0.683. The highest BCUT2D eigenvalue weighted by Gasteiger charge is 2.36. The number of hydrogen-bond donors (Lipinski definition) is 1. The number of rotatable bonds is 5. The second kappa shape index (κ2) is 8.38. The average molecular weight is 330 g/mol. The fourth-order valence-corrected chi connectivity index (χ4v) is 1.57. The van der Waals surface area contributed by atoms with Crippen LogP contribution < -0.4 is 4.57 Å². The minimum Gasteiger partial charge on any atom is -0.741 e. The molecule has 1 heterocycles. The van der Waals surface area contributed by atoms with Crippen LogP contribution in [0, 0.1) is 6.92 Å². The molecule has 0 fully saturated rings. The molecule has 1 aromatic heterocycles. The van der Waals surface area contributed by atoms with Crippen molar-refractivity contribution in [3.8, 4) is 0 Å². The van der Waals surface area contributed by atoms with Crippen LogP contribution in [0.5, 0.6) is 0 Å². The number of hydrogen-bond acceptors (Lipinski definition) is 3. The summed E-state index contributed by atoms with van der Waals surface area (Å²) in [5, 5.41) is 0. The fourth-order valence-electron chi connectivity index (χ4n) is 1.57. The van der Waals surface area contributed by atoms with Gasteiger partial charge in [-0.15, -0.1) is 0 Å². The first-order valence-electron chi connectivity index (χ1n) is 6.55. The highest BCUT2D eigenvalue weighted by atomic mass is 32.2. The maximum absolute atomic E-state index is 10.7. The molecule has 0 unspecified atom stereocenters. The summed E-state index contributed by atoms with van der Waals surface area (Å²) in [6.07, 6.45) is 8.70. The summed E-state index contributed by atoms with van der Waals surface area (Å²) in [5.74, 6) is 1.24. The van der Waals surface area contributed by atoms with Gasteiger partial charge in [-0.3, -0.25) is 0 Å². The number of aromatic amines is 1. The Hall–Kier alpha value is -1.09. The molecule has 0 radical (unpaired) electrons. The molecule has 1 N–H and O–H groups in total. The van der Waals surface area contributed by atoms with Crippen molar-refractivity contribution in [3.05, 3.63) is 17.7 Å². The fraction of sp³-hybridized carbons (Fsp3) is 0.750. The van der Waals surface area contributed by atoms with E-state index in [4.69, 9.17) is 13.0 Å². The first-order chi connectivity index (χ1) is 9.50. The van der Waals surface area contributed by atoms with E-state index in [1.165, 1.54) is 43.6 Å². The Morgan fingerprint density at radius 3 is 2.14 bits per heavy atom. The summed E-state index contributed by atoms with van der Waals surface area (Å²) in [4.78, 5) is 3.24. The van der Waals surface area contributed by atoms with E-state index in [1.54, 1.807) is 0 Å². The second-order valence-electron chi connectivity index (χ2n) is 4.63. The summed E-state index contributed by atoms with van der Waals surface area (Å²) in [5.41, 5.74) is -4.22. The third kappa shape index (κ3) is 7.47. The number of halogens is 3. The first-order valence-corrected chi connectivity index (χ1v) is 7.96. The third-order valence-corrected chi connectivity index (χ3v) is 3.52. The molecule has 0 bridgehead atoms. The Labute approximate surface area is 122 Å². The molecular weight excluding hydrogens is 309 g/mol. The number of nitrogens with one attached hydrogen (secondary N) is 1. The molecule has 0 amide bonds. The summed E-state index contributed by atoms with van der Waals surface area (Å²) < 4.78 is 61.1. The van der Waals surface area contributed by atoms with Gasteiger partial charge in [0.2, 0.25) is 0 Å². The van der Waals surface area contributed by atoms with E-state index in [2.05, 4.69) is 36.6 Å². The van der Waals surface area contributed by atoms with E-state index < -0.39 is 15.6 Å². The van der Waals surface area contributed by atoms with Gasteiger partial charge in [0.15, 0.2) is 10.1 Å². The predicted octanol–water partition coefficient (Wildman–Crippen LogP) is 2.32. The number of unbranched alkanes of at least 4 members (excludes halogenated alkanes) is 3. The molecule has 124 valence electrons. The van der Waals surface area contributed by atoms with E-state index >= 15 is 0 Å². The van der Waals surface area contributed by atoms with Crippen molar-refractivity contribution in [1.82, 2.24) is 4.98 Å². The molecule has 0 atom stereocenters. The lowest BCUT2D eigenvalue weighted by Crippen LogP contribution is -2.33. The number of nitrogens with zero attached hydrogens (tertiary/aromatic N) is 1. The summed E-state index contributed by atoms with van der Waals surface area (Å²) in [6.45, 7) is 4.36. The Bertz CT molecular complexity index is 524. The van der Waals surface area contributed by atoms with E-state index in [0.29, 0.717) is 0 Å². The number of H-pyrrole nitrogens is 1. The van der Waals surface area contributed by atoms with Gasteiger partial charge in [0, 0.05) is 13.3 Å². The lowest BCUT2D eigenvalue weighted by atomic mass is 10.1. The van der Waals surface area contributed by atoms with Gasteiger partial charge in [-0.1, -0.05) is 26.2 Å². The van der Waals surface area contributed by atoms with Gasteiger partial charge < -0.3 is 4.55 Å². The van der Waals surface area contributed by atoms with Gasteiger partial charge in [0.25, 0.3) is 5.82 Å². The van der Waals surface area contributed by atoms with Crippen molar-refractivity contribution in [2.24, 2.45) is 7.05 Å². The molecule has 0 saturated carbocycles. The molecule has 5 nitrogen and oxygen atoms in total. The van der Waals surface area contributed by atoms with Crippen LogP contribution in [0.1, 0.15) is 44.1 Å². The molecule has 9 heteroatoms. The summed E-state index contributed by atoms with van der Waals surface area (Å²) in [7, 11) is -3.96. The molecule has 0 aliphatic heterocycles. The van der Waals surface area contributed by atoms with Crippen LogP contribution in [0.15, 0.2) is 6.20 Å². The molecule has 1 rings (SSSR count). The van der Waals surface area contributed by atoms with Gasteiger partial charge in [-0.25, -0.2) is 18.0 Å². The zero-order valence-electron chi connectivity index (χ0n) is 12.3. The molecule has 0 aliphatic rings. The third-order valence-electron chi connectivity index (χ3n) is 2.95. The number of alkyl halides is 3. The van der Waals surface area contributed by atoms with Crippen molar-refractivity contribution >= 4 is 10.1 Å².